The quantitative estimate of drug-likeness (QED) is 0.313. The van der Waals surface area contributed by atoms with Crippen LogP contribution >= 0.6 is 0 Å². The first-order chi connectivity index (χ1) is 19.9. The molecule has 2 aliphatic rings. The average molecular weight is 548 g/mol. The van der Waals surface area contributed by atoms with E-state index in [1.165, 1.54) is 6.42 Å². The number of carbonyl (C=O) groups excluding carboxylic acids is 2. The number of nitrogens with zero attached hydrogens (tertiary/aromatic N) is 4. The third-order valence-corrected chi connectivity index (χ3v) is 8.25. The fourth-order valence-electron chi connectivity index (χ4n) is 6.14. The van der Waals surface area contributed by atoms with Gasteiger partial charge in [0.25, 0.3) is 5.91 Å². The van der Waals surface area contributed by atoms with Gasteiger partial charge in [0.1, 0.15) is 5.82 Å². The van der Waals surface area contributed by atoms with Crippen molar-refractivity contribution in [2.75, 3.05) is 34.8 Å². The van der Waals surface area contributed by atoms with Crippen molar-refractivity contribution in [1.82, 2.24) is 9.55 Å². The van der Waals surface area contributed by atoms with Crippen molar-refractivity contribution in [3.05, 3.63) is 101 Å². The van der Waals surface area contributed by atoms with Crippen molar-refractivity contribution in [3.8, 4) is 5.82 Å². The van der Waals surface area contributed by atoms with E-state index >= 15 is 0 Å². The summed E-state index contributed by atoms with van der Waals surface area (Å²) in [6.07, 6.45) is 4.54. The van der Waals surface area contributed by atoms with Crippen LogP contribution in [0.3, 0.4) is 0 Å². The zero-order valence-corrected chi connectivity index (χ0v) is 24.1. The summed E-state index contributed by atoms with van der Waals surface area (Å²) in [5, 5.41) is 3.12. The van der Waals surface area contributed by atoms with Gasteiger partial charge in [-0.15, -0.1) is 0 Å². The molecule has 210 valence electrons. The molecule has 4 heterocycles. The molecule has 2 amide bonds. The highest BCUT2D eigenvalue weighted by Crippen LogP contribution is 2.32. The van der Waals surface area contributed by atoms with E-state index in [-0.39, 0.29) is 18.2 Å². The minimum atomic E-state index is -0.101. The van der Waals surface area contributed by atoms with E-state index in [0.717, 1.165) is 83.4 Å². The third kappa shape index (κ3) is 5.49. The van der Waals surface area contributed by atoms with Gasteiger partial charge in [-0.1, -0.05) is 12.1 Å². The Bertz CT molecular complexity index is 1600. The first-order valence-corrected chi connectivity index (χ1v) is 14.6. The summed E-state index contributed by atoms with van der Waals surface area (Å²) >= 11 is 0. The van der Waals surface area contributed by atoms with Gasteiger partial charge in [-0.05, 0) is 112 Å². The summed E-state index contributed by atoms with van der Waals surface area (Å²) in [6.45, 7) is 8.77. The summed E-state index contributed by atoms with van der Waals surface area (Å²) in [5.41, 5.74) is 8.57. The van der Waals surface area contributed by atoms with Crippen molar-refractivity contribution in [1.29, 1.82) is 0 Å². The predicted molar refractivity (Wildman–Crippen MR) is 164 cm³/mol. The van der Waals surface area contributed by atoms with Crippen LogP contribution in [0.15, 0.2) is 66.7 Å². The van der Waals surface area contributed by atoms with Crippen LogP contribution < -0.4 is 15.1 Å². The van der Waals surface area contributed by atoms with E-state index in [2.05, 4.69) is 53.8 Å². The fraction of sp³-hybridized carbons (Fsp3) is 0.324. The van der Waals surface area contributed by atoms with Gasteiger partial charge < -0.3 is 19.7 Å². The Hall–Kier alpha value is -4.39. The molecule has 0 radical (unpaired) electrons. The zero-order chi connectivity index (χ0) is 28.5. The first kappa shape index (κ1) is 26.8. The minimum Gasteiger partial charge on any atom is -0.371 e. The number of nitrogens with one attached hydrogen (secondary N) is 1. The van der Waals surface area contributed by atoms with Crippen LogP contribution in [0.1, 0.15) is 57.8 Å². The van der Waals surface area contributed by atoms with Crippen molar-refractivity contribution < 1.29 is 9.59 Å². The van der Waals surface area contributed by atoms with Crippen molar-refractivity contribution in [2.45, 2.75) is 52.9 Å². The molecule has 0 spiro atoms. The molecule has 1 fully saturated rings. The maximum Gasteiger partial charge on any atom is 0.257 e. The molecular weight excluding hydrogens is 510 g/mol. The number of hydrogen-bond acceptors (Lipinski definition) is 4. The number of aryl methyl sites for hydroxylation is 3. The molecule has 7 heteroatoms. The van der Waals surface area contributed by atoms with Crippen molar-refractivity contribution in [2.24, 2.45) is 0 Å². The van der Waals surface area contributed by atoms with Crippen LogP contribution in [0.5, 0.6) is 0 Å². The van der Waals surface area contributed by atoms with Crippen molar-refractivity contribution >= 4 is 28.9 Å². The van der Waals surface area contributed by atoms with Gasteiger partial charge in [-0.25, -0.2) is 4.98 Å². The van der Waals surface area contributed by atoms with Crippen LogP contribution in [-0.2, 0) is 17.6 Å². The maximum absolute atomic E-state index is 13.4. The maximum atomic E-state index is 13.4. The summed E-state index contributed by atoms with van der Waals surface area (Å²) in [7, 11) is 0. The molecule has 1 saturated heterocycles. The Morgan fingerprint density at radius 2 is 1.61 bits per heavy atom. The number of carbonyl (C=O) groups is 2. The minimum absolute atomic E-state index is 0.0250. The number of fused-ring (bicyclic) bond motifs is 1. The van der Waals surface area contributed by atoms with Gasteiger partial charge in [0, 0.05) is 48.1 Å². The number of amides is 2. The molecule has 41 heavy (non-hydrogen) atoms. The Balaban J connectivity index is 1.16. The van der Waals surface area contributed by atoms with Crippen LogP contribution in [0.4, 0.5) is 17.1 Å². The molecular formula is C34H37N5O2. The number of hydrogen-bond donors (Lipinski definition) is 1. The molecule has 0 bridgehead atoms. The number of piperidine rings is 1. The molecule has 1 N–H and O–H groups in total. The summed E-state index contributed by atoms with van der Waals surface area (Å²) in [5.74, 6) is 0.752. The zero-order valence-electron chi connectivity index (χ0n) is 24.1. The van der Waals surface area contributed by atoms with E-state index in [1.807, 2.05) is 53.4 Å². The Morgan fingerprint density at radius 3 is 2.39 bits per heavy atom. The lowest BCUT2D eigenvalue weighted by Gasteiger charge is -2.30. The van der Waals surface area contributed by atoms with Gasteiger partial charge in [0.05, 0.1) is 17.7 Å². The molecule has 6 rings (SSSR count). The van der Waals surface area contributed by atoms with E-state index in [9.17, 15) is 9.59 Å². The van der Waals surface area contributed by atoms with Gasteiger partial charge in [0.2, 0.25) is 5.91 Å². The average Bonchev–Trinajstić information content (AvgIpc) is 3.55. The topological polar surface area (TPSA) is 70.5 Å². The second kappa shape index (κ2) is 11.2. The fourth-order valence-corrected chi connectivity index (χ4v) is 6.14. The lowest BCUT2D eigenvalue weighted by Crippen LogP contribution is -2.31. The van der Waals surface area contributed by atoms with Crippen LogP contribution in [-0.4, -0.2) is 41.0 Å². The van der Waals surface area contributed by atoms with E-state index in [0.29, 0.717) is 12.1 Å². The Morgan fingerprint density at radius 1 is 0.829 bits per heavy atom. The van der Waals surface area contributed by atoms with E-state index in [1.54, 1.807) is 0 Å². The number of benzene rings is 2. The molecule has 2 aromatic heterocycles. The Labute approximate surface area is 241 Å². The van der Waals surface area contributed by atoms with E-state index in [4.69, 9.17) is 4.98 Å². The van der Waals surface area contributed by atoms with Gasteiger partial charge in [0.15, 0.2) is 0 Å². The normalized spacial score (nSPS) is 14.7. The number of pyridine rings is 1. The lowest BCUT2D eigenvalue weighted by atomic mass is 10.0. The van der Waals surface area contributed by atoms with Gasteiger partial charge in [-0.3, -0.25) is 9.59 Å². The second-order valence-corrected chi connectivity index (χ2v) is 11.3. The molecule has 0 atom stereocenters. The predicted octanol–water partition coefficient (Wildman–Crippen LogP) is 6.17. The first-order valence-electron chi connectivity index (χ1n) is 14.6. The monoisotopic (exact) mass is 547 g/mol. The summed E-state index contributed by atoms with van der Waals surface area (Å²) in [6, 6.07) is 21.9. The van der Waals surface area contributed by atoms with Gasteiger partial charge in [-0.2, -0.15) is 0 Å². The van der Waals surface area contributed by atoms with Gasteiger partial charge >= 0.3 is 0 Å². The highest BCUT2D eigenvalue weighted by atomic mass is 16.2. The highest BCUT2D eigenvalue weighted by Gasteiger charge is 2.26. The van der Waals surface area contributed by atoms with Crippen LogP contribution in [0, 0.1) is 20.8 Å². The van der Waals surface area contributed by atoms with E-state index < -0.39 is 0 Å². The molecule has 7 nitrogen and oxygen atoms in total. The molecule has 4 aromatic rings. The number of anilines is 3. The Kier molecular flexibility index (Phi) is 7.35. The van der Waals surface area contributed by atoms with Crippen LogP contribution in [0.2, 0.25) is 0 Å². The third-order valence-electron chi connectivity index (χ3n) is 8.25. The molecule has 0 unspecified atom stereocenters. The van der Waals surface area contributed by atoms with Crippen molar-refractivity contribution in [3.63, 3.8) is 0 Å². The molecule has 2 aromatic carbocycles. The smallest absolute Gasteiger partial charge is 0.257 e. The molecule has 2 aliphatic heterocycles. The standard InChI is InChI=1S/C34H37N5O2/c1-23-10-14-29(31(20-23)37-17-5-4-6-18-37)34(41)36-28-13-15-30-26(21-28)16-19-38(30)33(40)22-27-8-7-9-32(35-27)39-24(2)11-12-25(39)3/h7-15,20-21H,4-6,16-19,22H2,1-3H3,(H,36,41). The second-order valence-electron chi connectivity index (χ2n) is 11.3. The number of aromatic nitrogens is 2. The lowest BCUT2D eigenvalue weighted by molar-refractivity contribution is -0.117. The largest absolute Gasteiger partial charge is 0.371 e. The summed E-state index contributed by atoms with van der Waals surface area (Å²) < 4.78 is 2.10. The molecule has 0 aliphatic carbocycles. The summed E-state index contributed by atoms with van der Waals surface area (Å²) in [4.78, 5) is 35.8. The van der Waals surface area contributed by atoms with Crippen LogP contribution in [0.25, 0.3) is 5.82 Å². The SMILES string of the molecule is Cc1ccc(C(=O)Nc2ccc3c(c2)CCN3C(=O)Cc2cccc(-n3c(C)ccc3C)n2)c(N2CCCCC2)c1. The molecule has 0 saturated carbocycles. The highest BCUT2D eigenvalue weighted by molar-refractivity contribution is 6.08. The number of rotatable bonds is 6.